The minimum Gasteiger partial charge on any atom is -0.396 e. The van der Waals surface area contributed by atoms with Gasteiger partial charge < -0.3 is 19.9 Å². The zero-order chi connectivity index (χ0) is 10.9. The maximum absolute atomic E-state index is 11.5. The van der Waals surface area contributed by atoms with E-state index in [4.69, 9.17) is 14.6 Å². The average Bonchev–Trinajstić information content (AvgIpc) is 2.30. The lowest BCUT2D eigenvalue weighted by atomic mass is 10.2. The van der Waals surface area contributed by atoms with Crippen molar-refractivity contribution in [2.45, 2.75) is 25.4 Å². The topological polar surface area (TPSA) is 67.8 Å². The van der Waals surface area contributed by atoms with Gasteiger partial charge in [0.15, 0.2) is 6.10 Å². The number of rotatable bonds is 6. The number of hydrogen-bond acceptors (Lipinski definition) is 4. The van der Waals surface area contributed by atoms with Gasteiger partial charge in [-0.1, -0.05) is 0 Å². The molecule has 2 N–H and O–H groups in total. The average molecular weight is 217 g/mol. The molecule has 0 aromatic heterocycles. The molecule has 0 aromatic rings. The van der Waals surface area contributed by atoms with E-state index in [-0.39, 0.29) is 12.5 Å². The van der Waals surface area contributed by atoms with Crippen molar-refractivity contribution in [1.82, 2.24) is 5.32 Å². The highest BCUT2D eigenvalue weighted by molar-refractivity contribution is 5.80. The van der Waals surface area contributed by atoms with Crippen molar-refractivity contribution in [3.05, 3.63) is 0 Å². The first kappa shape index (κ1) is 12.4. The molecule has 0 aliphatic carbocycles. The van der Waals surface area contributed by atoms with E-state index in [1.165, 1.54) is 0 Å². The number of aliphatic hydroxyl groups excluding tert-OH is 1. The van der Waals surface area contributed by atoms with Gasteiger partial charge in [0.05, 0.1) is 19.8 Å². The summed E-state index contributed by atoms with van der Waals surface area (Å²) in [5, 5.41) is 11.3. The van der Waals surface area contributed by atoms with E-state index in [9.17, 15) is 4.79 Å². The van der Waals surface area contributed by atoms with E-state index < -0.39 is 6.10 Å². The summed E-state index contributed by atoms with van der Waals surface area (Å²) in [4.78, 5) is 11.5. The van der Waals surface area contributed by atoms with Gasteiger partial charge in [-0.15, -0.1) is 0 Å². The summed E-state index contributed by atoms with van der Waals surface area (Å²) in [6.07, 6.45) is 2.16. The lowest BCUT2D eigenvalue weighted by molar-refractivity contribution is -0.147. The Morgan fingerprint density at radius 2 is 2.20 bits per heavy atom. The Balaban J connectivity index is 2.02. The molecule has 0 spiro atoms. The number of unbranched alkanes of at least 4 members (excludes halogenated alkanes) is 2. The van der Waals surface area contributed by atoms with Crippen molar-refractivity contribution in [2.24, 2.45) is 0 Å². The molecule has 1 amide bonds. The van der Waals surface area contributed by atoms with E-state index in [0.717, 1.165) is 19.3 Å². The van der Waals surface area contributed by atoms with Crippen LogP contribution in [0.5, 0.6) is 0 Å². The van der Waals surface area contributed by atoms with Crippen LogP contribution in [0.1, 0.15) is 19.3 Å². The third-order valence-corrected chi connectivity index (χ3v) is 2.24. The van der Waals surface area contributed by atoms with Crippen LogP contribution in [0.4, 0.5) is 0 Å². The number of ether oxygens (including phenoxy) is 2. The van der Waals surface area contributed by atoms with Gasteiger partial charge in [0.2, 0.25) is 0 Å². The molecule has 1 aliphatic heterocycles. The van der Waals surface area contributed by atoms with Crippen LogP contribution < -0.4 is 5.32 Å². The highest BCUT2D eigenvalue weighted by Crippen LogP contribution is 2.00. The number of carbonyl (C=O) groups excluding carboxylic acids is 1. The first-order valence-electron chi connectivity index (χ1n) is 5.42. The zero-order valence-corrected chi connectivity index (χ0v) is 8.91. The summed E-state index contributed by atoms with van der Waals surface area (Å²) in [7, 11) is 0. The number of carbonyl (C=O) groups is 1. The van der Waals surface area contributed by atoms with Gasteiger partial charge in [0.25, 0.3) is 5.91 Å². The van der Waals surface area contributed by atoms with Gasteiger partial charge in [0, 0.05) is 13.2 Å². The molecular formula is C10H19NO4. The second kappa shape index (κ2) is 7.62. The Bertz CT molecular complexity index is 180. The maximum Gasteiger partial charge on any atom is 0.251 e. The number of hydrogen-bond donors (Lipinski definition) is 2. The van der Waals surface area contributed by atoms with Crippen LogP contribution in [0.2, 0.25) is 0 Å². The number of nitrogens with one attached hydrogen (secondary N) is 1. The van der Waals surface area contributed by atoms with E-state index in [1.54, 1.807) is 0 Å². The van der Waals surface area contributed by atoms with Crippen LogP contribution in [-0.2, 0) is 14.3 Å². The zero-order valence-electron chi connectivity index (χ0n) is 8.91. The second-order valence-electron chi connectivity index (χ2n) is 3.51. The van der Waals surface area contributed by atoms with E-state index in [2.05, 4.69) is 5.32 Å². The van der Waals surface area contributed by atoms with Crippen molar-refractivity contribution in [2.75, 3.05) is 33.0 Å². The summed E-state index contributed by atoms with van der Waals surface area (Å²) in [5.41, 5.74) is 0. The van der Waals surface area contributed by atoms with Gasteiger partial charge >= 0.3 is 0 Å². The molecule has 0 saturated carbocycles. The second-order valence-corrected chi connectivity index (χ2v) is 3.51. The standard InChI is InChI=1S/C10H19NO4/c12-5-3-1-2-4-11-10(13)9-8-14-6-7-15-9/h9,12H,1-8H2,(H,11,13). The molecule has 1 aliphatic rings. The van der Waals surface area contributed by atoms with Crippen LogP contribution in [0, 0.1) is 0 Å². The van der Waals surface area contributed by atoms with Crippen molar-refractivity contribution >= 4 is 5.91 Å². The van der Waals surface area contributed by atoms with Gasteiger partial charge in [-0.3, -0.25) is 4.79 Å². The summed E-state index contributed by atoms with van der Waals surface area (Å²) >= 11 is 0. The first-order chi connectivity index (χ1) is 7.34. The molecule has 1 fully saturated rings. The Morgan fingerprint density at radius 1 is 1.33 bits per heavy atom. The molecule has 1 rings (SSSR count). The predicted molar refractivity (Wildman–Crippen MR) is 54.5 cm³/mol. The van der Waals surface area contributed by atoms with Crippen LogP contribution in [0.3, 0.4) is 0 Å². The van der Waals surface area contributed by atoms with Crippen molar-refractivity contribution in [3.63, 3.8) is 0 Å². The van der Waals surface area contributed by atoms with E-state index in [0.29, 0.717) is 26.4 Å². The van der Waals surface area contributed by atoms with Crippen molar-refractivity contribution in [3.8, 4) is 0 Å². The predicted octanol–water partition coefficient (Wildman–Crippen LogP) is -0.319. The SMILES string of the molecule is O=C(NCCCCCO)C1COCCO1. The van der Waals surface area contributed by atoms with E-state index in [1.807, 2.05) is 0 Å². The van der Waals surface area contributed by atoms with Crippen LogP contribution in [-0.4, -0.2) is 50.1 Å². The number of amides is 1. The maximum atomic E-state index is 11.5. The third kappa shape index (κ3) is 5.11. The molecule has 0 radical (unpaired) electrons. The van der Waals surface area contributed by atoms with Gasteiger partial charge in [-0.05, 0) is 19.3 Å². The Labute approximate surface area is 89.8 Å². The lowest BCUT2D eigenvalue weighted by Crippen LogP contribution is -2.43. The van der Waals surface area contributed by atoms with Crippen LogP contribution in [0.25, 0.3) is 0 Å². The minimum absolute atomic E-state index is 0.0984. The first-order valence-corrected chi connectivity index (χ1v) is 5.42. The normalized spacial score (nSPS) is 21.3. The fourth-order valence-electron chi connectivity index (χ4n) is 1.38. The quantitative estimate of drug-likeness (QED) is 0.598. The van der Waals surface area contributed by atoms with Crippen LogP contribution >= 0.6 is 0 Å². The molecule has 0 bridgehead atoms. The highest BCUT2D eigenvalue weighted by atomic mass is 16.6. The number of aliphatic hydroxyl groups is 1. The van der Waals surface area contributed by atoms with Gasteiger partial charge in [0.1, 0.15) is 0 Å². The summed E-state index contributed by atoms with van der Waals surface area (Å²) in [5.74, 6) is -0.0984. The molecule has 5 nitrogen and oxygen atoms in total. The monoisotopic (exact) mass is 217 g/mol. The van der Waals surface area contributed by atoms with Gasteiger partial charge in [-0.2, -0.15) is 0 Å². The minimum atomic E-state index is -0.448. The van der Waals surface area contributed by atoms with E-state index >= 15 is 0 Å². The summed E-state index contributed by atoms with van der Waals surface area (Å²) in [6.45, 7) is 2.26. The molecular weight excluding hydrogens is 198 g/mol. The Hall–Kier alpha value is -0.650. The molecule has 88 valence electrons. The molecule has 0 aromatic carbocycles. The third-order valence-electron chi connectivity index (χ3n) is 2.24. The Kier molecular flexibility index (Phi) is 6.31. The molecule has 5 heteroatoms. The smallest absolute Gasteiger partial charge is 0.251 e. The molecule has 1 atom stereocenters. The van der Waals surface area contributed by atoms with Crippen molar-refractivity contribution < 1.29 is 19.4 Å². The van der Waals surface area contributed by atoms with Crippen LogP contribution in [0.15, 0.2) is 0 Å². The fourth-order valence-corrected chi connectivity index (χ4v) is 1.38. The summed E-state index contributed by atoms with van der Waals surface area (Å²) < 4.78 is 10.4. The molecule has 1 unspecified atom stereocenters. The van der Waals surface area contributed by atoms with Gasteiger partial charge in [-0.25, -0.2) is 0 Å². The largest absolute Gasteiger partial charge is 0.396 e. The molecule has 1 heterocycles. The fraction of sp³-hybridized carbons (Fsp3) is 0.900. The molecule has 15 heavy (non-hydrogen) atoms. The summed E-state index contributed by atoms with van der Waals surface area (Å²) in [6, 6.07) is 0. The van der Waals surface area contributed by atoms with Crippen molar-refractivity contribution in [1.29, 1.82) is 0 Å². The highest BCUT2D eigenvalue weighted by Gasteiger charge is 2.21. The lowest BCUT2D eigenvalue weighted by Gasteiger charge is -2.21. The molecule has 1 saturated heterocycles. The Morgan fingerprint density at radius 3 is 2.87 bits per heavy atom.